The lowest BCUT2D eigenvalue weighted by atomic mass is 9.93. The molecular weight excluding hydrogens is 442 g/mol. The number of alkyl carbamates (subject to hydrolysis) is 1. The summed E-state index contributed by atoms with van der Waals surface area (Å²) in [6, 6.07) is 6.44. The first-order valence-corrected chi connectivity index (χ1v) is 12.8. The van der Waals surface area contributed by atoms with Crippen LogP contribution >= 0.6 is 0 Å². The molecule has 1 aromatic rings. The first-order chi connectivity index (χ1) is 16.7. The van der Waals surface area contributed by atoms with Crippen molar-refractivity contribution in [2.75, 3.05) is 13.1 Å². The van der Waals surface area contributed by atoms with Crippen molar-refractivity contribution in [1.29, 1.82) is 0 Å². The fourth-order valence-corrected chi connectivity index (χ4v) is 4.34. The second-order valence-corrected chi connectivity index (χ2v) is 10.1. The minimum atomic E-state index is -0.881. The Balaban J connectivity index is 2.34. The smallest absolute Gasteiger partial charge is 0.408 e. The van der Waals surface area contributed by atoms with Crippen LogP contribution in [0.1, 0.15) is 96.2 Å². The van der Waals surface area contributed by atoms with Crippen LogP contribution in [-0.2, 0) is 14.3 Å². The number of amides is 3. The van der Waals surface area contributed by atoms with Crippen molar-refractivity contribution in [3.05, 3.63) is 35.4 Å². The Labute approximate surface area is 210 Å². The van der Waals surface area contributed by atoms with Gasteiger partial charge in [0, 0.05) is 18.2 Å². The topological polar surface area (TPSA) is 87.7 Å². The Hall–Kier alpha value is -3.01. The molecule has 1 aliphatic rings. The highest BCUT2D eigenvalue weighted by Gasteiger charge is 2.34. The van der Waals surface area contributed by atoms with Crippen molar-refractivity contribution in [1.82, 2.24) is 15.5 Å². The van der Waals surface area contributed by atoms with Crippen molar-refractivity contribution in [3.63, 3.8) is 0 Å². The molecule has 0 aromatic heterocycles. The summed E-state index contributed by atoms with van der Waals surface area (Å²) in [7, 11) is 0. The summed E-state index contributed by atoms with van der Waals surface area (Å²) in [5, 5.41) is 5.72. The van der Waals surface area contributed by atoms with E-state index < -0.39 is 17.7 Å². The molecule has 7 nitrogen and oxygen atoms in total. The molecule has 1 atom stereocenters. The molecule has 0 bridgehead atoms. The molecule has 0 heterocycles. The highest BCUT2D eigenvalue weighted by Crippen LogP contribution is 2.27. The Morgan fingerprint density at radius 1 is 1.14 bits per heavy atom. The number of hydrogen-bond donors (Lipinski definition) is 2. The number of benzene rings is 1. The van der Waals surface area contributed by atoms with E-state index in [1.807, 2.05) is 18.2 Å². The number of hydrogen-bond acceptors (Lipinski definition) is 4. The number of carbonyl (C=O) groups excluding carboxylic acids is 3. The largest absolute Gasteiger partial charge is 0.444 e. The van der Waals surface area contributed by atoms with Crippen molar-refractivity contribution in [2.45, 2.75) is 96.7 Å². The Kier molecular flexibility index (Phi) is 11.1. The number of carbonyl (C=O) groups is 3. The number of rotatable bonds is 10. The van der Waals surface area contributed by atoms with Gasteiger partial charge >= 0.3 is 6.09 Å². The van der Waals surface area contributed by atoms with Crippen LogP contribution in [0.3, 0.4) is 0 Å². The molecule has 7 heteroatoms. The molecule has 0 aliphatic heterocycles. The molecule has 0 saturated heterocycles. The summed E-state index contributed by atoms with van der Waals surface area (Å²) in [6.45, 7) is 7.46. The van der Waals surface area contributed by atoms with Crippen LogP contribution in [-0.4, -0.2) is 47.5 Å². The van der Waals surface area contributed by atoms with Crippen molar-refractivity contribution >= 4 is 17.9 Å². The fourth-order valence-electron chi connectivity index (χ4n) is 4.34. The van der Waals surface area contributed by atoms with Crippen LogP contribution in [0.4, 0.5) is 4.79 Å². The fraction of sp³-hybridized carbons (Fsp3) is 0.607. The molecule has 2 N–H and O–H groups in total. The van der Waals surface area contributed by atoms with Crippen LogP contribution in [0.5, 0.6) is 0 Å². The van der Waals surface area contributed by atoms with Crippen LogP contribution in [0, 0.1) is 12.3 Å². The van der Waals surface area contributed by atoms with Gasteiger partial charge in [-0.15, -0.1) is 6.42 Å². The summed E-state index contributed by atoms with van der Waals surface area (Å²) in [5.74, 6) is 2.07. The monoisotopic (exact) mass is 483 g/mol. The third-order valence-electron chi connectivity index (χ3n) is 6.03. The lowest BCUT2D eigenvalue weighted by Gasteiger charge is -2.34. The Morgan fingerprint density at radius 3 is 2.46 bits per heavy atom. The van der Waals surface area contributed by atoms with Gasteiger partial charge in [0.15, 0.2) is 0 Å². The SMILES string of the molecule is C#Cc1ccccc1C(C(=O)NC1CCCCC1)N(CCCCC)C(=O)CNC(=O)OC(C)(C)C. The summed E-state index contributed by atoms with van der Waals surface area (Å²) in [5.41, 5.74) is 0.511. The van der Waals surface area contributed by atoms with E-state index in [1.54, 1.807) is 31.7 Å². The molecular formula is C28H41N3O4. The van der Waals surface area contributed by atoms with Gasteiger partial charge < -0.3 is 20.3 Å². The second kappa shape index (κ2) is 13.8. The number of ether oxygens (including phenoxy) is 1. The van der Waals surface area contributed by atoms with Gasteiger partial charge in [-0.1, -0.05) is 63.1 Å². The minimum Gasteiger partial charge on any atom is -0.444 e. The van der Waals surface area contributed by atoms with Gasteiger partial charge in [-0.3, -0.25) is 9.59 Å². The van der Waals surface area contributed by atoms with Crippen LogP contribution in [0.2, 0.25) is 0 Å². The van der Waals surface area contributed by atoms with E-state index in [0.29, 0.717) is 17.7 Å². The molecule has 3 amide bonds. The van der Waals surface area contributed by atoms with Crippen molar-refractivity contribution in [2.24, 2.45) is 0 Å². The van der Waals surface area contributed by atoms with E-state index in [2.05, 4.69) is 23.5 Å². The van der Waals surface area contributed by atoms with Crippen LogP contribution < -0.4 is 10.6 Å². The first kappa shape index (κ1) is 28.2. The molecule has 192 valence electrons. The van der Waals surface area contributed by atoms with Gasteiger partial charge in [-0.05, 0) is 51.7 Å². The number of nitrogens with one attached hydrogen (secondary N) is 2. The molecule has 0 spiro atoms. The molecule has 0 radical (unpaired) electrons. The minimum absolute atomic E-state index is 0.0873. The molecule has 1 fully saturated rings. The third-order valence-corrected chi connectivity index (χ3v) is 6.03. The summed E-state index contributed by atoms with van der Waals surface area (Å²) < 4.78 is 5.27. The maximum absolute atomic E-state index is 13.7. The van der Waals surface area contributed by atoms with Gasteiger partial charge in [0.05, 0.1) is 0 Å². The molecule has 2 rings (SSSR count). The molecule has 1 aromatic carbocycles. The zero-order valence-corrected chi connectivity index (χ0v) is 21.7. The lowest BCUT2D eigenvalue weighted by molar-refractivity contribution is -0.140. The van der Waals surface area contributed by atoms with Gasteiger partial charge in [-0.25, -0.2) is 4.79 Å². The number of terminal acetylenes is 1. The van der Waals surface area contributed by atoms with Crippen LogP contribution in [0.25, 0.3) is 0 Å². The predicted octanol–water partition coefficient (Wildman–Crippen LogP) is 4.70. The lowest BCUT2D eigenvalue weighted by Crippen LogP contribution is -2.50. The first-order valence-electron chi connectivity index (χ1n) is 12.8. The van der Waals surface area contributed by atoms with Gasteiger partial charge in [0.25, 0.3) is 0 Å². The van der Waals surface area contributed by atoms with E-state index in [1.165, 1.54) is 6.42 Å². The van der Waals surface area contributed by atoms with Gasteiger partial charge in [0.2, 0.25) is 11.8 Å². The van der Waals surface area contributed by atoms with Gasteiger partial charge in [-0.2, -0.15) is 0 Å². The number of unbranched alkanes of at least 4 members (excludes halogenated alkanes) is 2. The molecule has 1 saturated carbocycles. The maximum atomic E-state index is 13.7. The molecule has 1 aliphatic carbocycles. The standard InChI is InChI=1S/C28H41N3O4/c1-6-8-14-19-31(24(32)20-29-27(34)35-28(3,4)5)25(23-18-13-12-15-21(23)7-2)26(33)30-22-16-10-9-11-17-22/h2,12-13,15,18,22,25H,6,8-11,14,16-17,19-20H2,1,3-5H3,(H,29,34)(H,30,33). The maximum Gasteiger partial charge on any atom is 0.408 e. The average Bonchev–Trinajstić information content (AvgIpc) is 2.81. The summed E-state index contributed by atoms with van der Waals surface area (Å²) in [6.07, 6.45) is 12.9. The molecule has 35 heavy (non-hydrogen) atoms. The third kappa shape index (κ3) is 9.28. The summed E-state index contributed by atoms with van der Waals surface area (Å²) in [4.78, 5) is 40.9. The quantitative estimate of drug-likeness (QED) is 0.373. The second-order valence-electron chi connectivity index (χ2n) is 10.1. The van der Waals surface area contributed by atoms with E-state index >= 15 is 0 Å². The highest BCUT2D eigenvalue weighted by molar-refractivity contribution is 5.91. The van der Waals surface area contributed by atoms with E-state index in [4.69, 9.17) is 11.2 Å². The average molecular weight is 484 g/mol. The predicted molar refractivity (Wildman–Crippen MR) is 138 cm³/mol. The van der Waals surface area contributed by atoms with E-state index in [9.17, 15) is 14.4 Å². The van der Waals surface area contributed by atoms with Crippen molar-refractivity contribution < 1.29 is 19.1 Å². The summed E-state index contributed by atoms with van der Waals surface area (Å²) >= 11 is 0. The zero-order valence-electron chi connectivity index (χ0n) is 21.7. The van der Waals surface area contributed by atoms with E-state index in [-0.39, 0.29) is 24.4 Å². The van der Waals surface area contributed by atoms with Gasteiger partial charge in [0.1, 0.15) is 18.2 Å². The normalized spacial score (nSPS) is 14.9. The molecule has 1 unspecified atom stereocenters. The van der Waals surface area contributed by atoms with Crippen LogP contribution in [0.15, 0.2) is 24.3 Å². The Morgan fingerprint density at radius 2 is 1.83 bits per heavy atom. The zero-order chi connectivity index (χ0) is 25.8. The highest BCUT2D eigenvalue weighted by atomic mass is 16.6. The number of nitrogens with zero attached hydrogens (tertiary/aromatic N) is 1. The Bertz CT molecular complexity index is 894. The van der Waals surface area contributed by atoms with E-state index in [0.717, 1.165) is 44.9 Å². The van der Waals surface area contributed by atoms with Crippen molar-refractivity contribution in [3.8, 4) is 12.3 Å².